The molecule has 1 heterocycles. The largest absolute Gasteiger partial charge is 0.393 e. The van der Waals surface area contributed by atoms with Crippen molar-refractivity contribution in [1.82, 2.24) is 0 Å². The molecule has 2 atom stereocenters. The molecular formula is C8H12O5. The molecule has 5 heteroatoms. The number of methoxy groups -OCH3 is 2. The van der Waals surface area contributed by atoms with Crippen molar-refractivity contribution in [3.8, 4) is 0 Å². The minimum absolute atomic E-state index is 0.193. The van der Waals surface area contributed by atoms with Crippen molar-refractivity contribution < 1.29 is 23.8 Å². The van der Waals surface area contributed by atoms with Crippen molar-refractivity contribution >= 4 is 11.9 Å². The van der Waals surface area contributed by atoms with Gasteiger partial charge in [0.2, 0.25) is 0 Å². The Labute approximate surface area is 76.0 Å². The minimum Gasteiger partial charge on any atom is -0.393 e. The Morgan fingerprint density at radius 3 is 1.77 bits per heavy atom. The second-order valence-corrected chi connectivity index (χ2v) is 2.86. The zero-order chi connectivity index (χ0) is 9.84. The third kappa shape index (κ3) is 2.05. The molecule has 0 radical (unpaired) electrons. The van der Waals surface area contributed by atoms with Gasteiger partial charge in [0.1, 0.15) is 0 Å². The van der Waals surface area contributed by atoms with Crippen molar-refractivity contribution in [3.63, 3.8) is 0 Å². The molecule has 0 saturated carbocycles. The van der Waals surface area contributed by atoms with E-state index in [9.17, 15) is 9.59 Å². The predicted molar refractivity (Wildman–Crippen MR) is 41.8 cm³/mol. The first-order valence-corrected chi connectivity index (χ1v) is 3.94. The molecule has 0 aromatic heterocycles. The maximum Gasteiger partial charge on any atom is 0.319 e. The van der Waals surface area contributed by atoms with Gasteiger partial charge in [-0.3, -0.25) is 9.59 Å². The lowest BCUT2D eigenvalue weighted by molar-refractivity contribution is -0.154. The average Bonchev–Trinajstić information content (AvgIpc) is 2.33. The summed E-state index contributed by atoms with van der Waals surface area (Å²) in [6.07, 6.45) is 0. The van der Waals surface area contributed by atoms with Gasteiger partial charge in [0, 0.05) is 14.2 Å². The number of cyclic esters (lactones) is 2. The van der Waals surface area contributed by atoms with Crippen LogP contribution in [0.25, 0.3) is 0 Å². The minimum atomic E-state index is -0.520. The van der Waals surface area contributed by atoms with Crippen molar-refractivity contribution in [2.45, 2.75) is 0 Å². The van der Waals surface area contributed by atoms with E-state index in [-0.39, 0.29) is 13.2 Å². The van der Waals surface area contributed by atoms with Crippen molar-refractivity contribution in [3.05, 3.63) is 0 Å². The van der Waals surface area contributed by atoms with Crippen molar-refractivity contribution in [1.29, 1.82) is 0 Å². The first kappa shape index (κ1) is 10.1. The van der Waals surface area contributed by atoms with Gasteiger partial charge in [0.25, 0.3) is 0 Å². The number of rotatable bonds is 4. The standard InChI is InChI=1S/C8H12O5/c1-11-3-5-6(4-12-2)8(10)13-7(5)9/h5-6H,3-4H2,1-2H3/t5-,6-/m0/s1. The predicted octanol–water partition coefficient (Wildman–Crippen LogP) is -0.405. The fourth-order valence-electron chi connectivity index (χ4n) is 1.31. The normalized spacial score (nSPS) is 27.8. The number of hydrogen-bond donors (Lipinski definition) is 0. The summed E-state index contributed by atoms with van der Waals surface area (Å²) >= 11 is 0. The molecule has 1 rings (SSSR count). The van der Waals surface area contributed by atoms with E-state index in [1.807, 2.05) is 0 Å². The fourth-order valence-corrected chi connectivity index (χ4v) is 1.31. The topological polar surface area (TPSA) is 61.8 Å². The van der Waals surface area contributed by atoms with E-state index in [0.29, 0.717) is 0 Å². The Balaban J connectivity index is 2.65. The third-order valence-electron chi connectivity index (χ3n) is 1.98. The summed E-state index contributed by atoms with van der Waals surface area (Å²) in [5.41, 5.74) is 0. The van der Waals surface area contributed by atoms with Crippen molar-refractivity contribution in [2.24, 2.45) is 11.8 Å². The summed E-state index contributed by atoms with van der Waals surface area (Å²) in [7, 11) is 2.94. The Kier molecular flexibility index (Phi) is 3.39. The summed E-state index contributed by atoms with van der Waals surface area (Å²) in [6.45, 7) is 0.386. The lowest BCUT2D eigenvalue weighted by Gasteiger charge is -2.10. The van der Waals surface area contributed by atoms with E-state index in [4.69, 9.17) is 9.47 Å². The summed E-state index contributed by atoms with van der Waals surface area (Å²) in [6, 6.07) is 0. The summed E-state index contributed by atoms with van der Waals surface area (Å²) in [5.74, 6) is -2.07. The van der Waals surface area contributed by atoms with Crippen LogP contribution >= 0.6 is 0 Å². The smallest absolute Gasteiger partial charge is 0.319 e. The molecule has 0 aromatic rings. The van der Waals surface area contributed by atoms with Gasteiger partial charge in [0.15, 0.2) is 0 Å². The molecule has 1 aliphatic rings. The fraction of sp³-hybridized carbons (Fsp3) is 0.750. The number of ether oxygens (including phenoxy) is 3. The lowest BCUT2D eigenvalue weighted by atomic mass is 9.97. The van der Waals surface area contributed by atoms with Crippen LogP contribution in [0, 0.1) is 11.8 Å². The van der Waals surface area contributed by atoms with E-state index in [0.717, 1.165) is 0 Å². The number of esters is 2. The van der Waals surface area contributed by atoms with Crippen LogP contribution < -0.4 is 0 Å². The van der Waals surface area contributed by atoms with E-state index in [1.54, 1.807) is 0 Å². The molecule has 5 nitrogen and oxygen atoms in total. The summed E-state index contributed by atoms with van der Waals surface area (Å²) < 4.78 is 14.1. The molecule has 13 heavy (non-hydrogen) atoms. The summed E-state index contributed by atoms with van der Waals surface area (Å²) in [5, 5.41) is 0. The van der Waals surface area contributed by atoms with Gasteiger partial charge in [-0.15, -0.1) is 0 Å². The van der Waals surface area contributed by atoms with Crippen LogP contribution in [0.5, 0.6) is 0 Å². The van der Waals surface area contributed by atoms with E-state index >= 15 is 0 Å². The molecule has 0 aliphatic carbocycles. The van der Waals surface area contributed by atoms with E-state index in [2.05, 4.69) is 4.74 Å². The van der Waals surface area contributed by atoms with Crippen LogP contribution in [-0.2, 0) is 23.8 Å². The molecule has 1 fully saturated rings. The molecule has 1 saturated heterocycles. The lowest BCUT2D eigenvalue weighted by Crippen LogP contribution is -2.26. The van der Waals surface area contributed by atoms with Gasteiger partial charge in [-0.1, -0.05) is 0 Å². The van der Waals surface area contributed by atoms with E-state index < -0.39 is 23.8 Å². The van der Waals surface area contributed by atoms with Crippen LogP contribution in [0.3, 0.4) is 0 Å². The molecule has 1 aliphatic heterocycles. The Morgan fingerprint density at radius 1 is 1.08 bits per heavy atom. The maximum absolute atomic E-state index is 11.1. The first-order valence-electron chi connectivity index (χ1n) is 3.94. The van der Waals surface area contributed by atoms with Gasteiger partial charge >= 0.3 is 11.9 Å². The quantitative estimate of drug-likeness (QED) is 0.443. The maximum atomic E-state index is 11.1. The molecule has 74 valence electrons. The third-order valence-corrected chi connectivity index (χ3v) is 1.98. The van der Waals surface area contributed by atoms with Crippen LogP contribution in [0.15, 0.2) is 0 Å². The highest BCUT2D eigenvalue weighted by Gasteiger charge is 2.44. The van der Waals surface area contributed by atoms with Gasteiger partial charge in [0.05, 0.1) is 25.0 Å². The molecule has 0 amide bonds. The highest BCUT2D eigenvalue weighted by molar-refractivity contribution is 5.96. The monoisotopic (exact) mass is 188 g/mol. The zero-order valence-corrected chi connectivity index (χ0v) is 7.61. The Hall–Kier alpha value is -0.940. The van der Waals surface area contributed by atoms with Crippen LogP contribution in [0.1, 0.15) is 0 Å². The molecule has 0 N–H and O–H groups in total. The van der Waals surface area contributed by atoms with Crippen LogP contribution in [-0.4, -0.2) is 39.4 Å². The zero-order valence-electron chi connectivity index (χ0n) is 7.61. The molecule has 0 aromatic carbocycles. The highest BCUT2D eigenvalue weighted by Crippen LogP contribution is 2.23. The number of carbonyl (C=O) groups is 2. The van der Waals surface area contributed by atoms with Crippen LogP contribution in [0.4, 0.5) is 0 Å². The molecule has 0 unspecified atom stereocenters. The highest BCUT2D eigenvalue weighted by atomic mass is 16.6. The second kappa shape index (κ2) is 4.34. The van der Waals surface area contributed by atoms with Crippen molar-refractivity contribution in [2.75, 3.05) is 27.4 Å². The second-order valence-electron chi connectivity index (χ2n) is 2.86. The van der Waals surface area contributed by atoms with Crippen LogP contribution in [0.2, 0.25) is 0 Å². The van der Waals surface area contributed by atoms with Gasteiger partial charge < -0.3 is 14.2 Å². The number of hydrogen-bond acceptors (Lipinski definition) is 5. The van der Waals surface area contributed by atoms with E-state index in [1.165, 1.54) is 14.2 Å². The average molecular weight is 188 g/mol. The first-order chi connectivity index (χ1) is 6.20. The SMILES string of the molecule is COC[C@@H]1C(=O)OC(=O)[C@H]1COC. The van der Waals surface area contributed by atoms with Gasteiger partial charge in [-0.2, -0.15) is 0 Å². The number of carbonyl (C=O) groups excluding carboxylic acids is 2. The molecule has 0 bridgehead atoms. The van der Waals surface area contributed by atoms with Gasteiger partial charge in [-0.25, -0.2) is 0 Å². The Morgan fingerprint density at radius 2 is 1.46 bits per heavy atom. The van der Waals surface area contributed by atoms with Gasteiger partial charge in [-0.05, 0) is 0 Å². The molecule has 0 spiro atoms. The summed E-state index contributed by atoms with van der Waals surface area (Å²) in [4.78, 5) is 22.2. The Bertz CT molecular complexity index is 191. The molecular weight excluding hydrogens is 176 g/mol.